The zero-order valence-electron chi connectivity index (χ0n) is 16.0. The smallest absolute Gasteiger partial charge is 0.339 e. The number of benzene rings is 1. The van der Waals surface area contributed by atoms with E-state index >= 15 is 0 Å². The number of ether oxygens (including phenoxy) is 2. The van der Waals surface area contributed by atoms with E-state index in [1.807, 2.05) is 18.2 Å². The number of methoxy groups -OCH3 is 1. The van der Waals surface area contributed by atoms with Crippen LogP contribution in [0.1, 0.15) is 21.6 Å². The van der Waals surface area contributed by atoms with Crippen LogP contribution in [0.4, 0.5) is 0 Å². The molecule has 0 amide bonds. The molecule has 0 saturated carbocycles. The lowest BCUT2D eigenvalue weighted by Crippen LogP contribution is -2.09. The molecular formula is C21H17N5O4. The summed E-state index contributed by atoms with van der Waals surface area (Å²) in [5.41, 5.74) is 2.91. The van der Waals surface area contributed by atoms with Gasteiger partial charge in [-0.15, -0.1) is 0 Å². The number of nitrogens with zero attached hydrogens (tertiary/aromatic N) is 3. The number of aromatic amines is 1. The SMILES string of the molecule is COC(=O)c1ccc(COC(=N)c2ccccc2-c2nc(-c3ccoc3)n[nH]2)nc1. The maximum absolute atomic E-state index is 11.5. The maximum atomic E-state index is 11.5. The summed E-state index contributed by atoms with van der Waals surface area (Å²) in [7, 11) is 1.31. The number of nitrogens with one attached hydrogen (secondary N) is 2. The molecule has 3 aromatic heterocycles. The molecule has 0 aliphatic carbocycles. The van der Waals surface area contributed by atoms with Crippen LogP contribution in [0, 0.1) is 5.41 Å². The van der Waals surface area contributed by atoms with Crippen molar-refractivity contribution in [2.24, 2.45) is 0 Å². The van der Waals surface area contributed by atoms with Gasteiger partial charge in [-0.25, -0.2) is 9.78 Å². The third-order valence-corrected chi connectivity index (χ3v) is 4.30. The summed E-state index contributed by atoms with van der Waals surface area (Å²) in [4.78, 5) is 20.1. The van der Waals surface area contributed by atoms with Crippen LogP contribution in [0.2, 0.25) is 0 Å². The van der Waals surface area contributed by atoms with E-state index in [-0.39, 0.29) is 12.5 Å². The van der Waals surface area contributed by atoms with Gasteiger partial charge in [-0.05, 0) is 24.3 Å². The van der Waals surface area contributed by atoms with Crippen LogP contribution in [0.25, 0.3) is 22.8 Å². The van der Waals surface area contributed by atoms with Gasteiger partial charge in [0.1, 0.15) is 12.9 Å². The largest absolute Gasteiger partial charge is 0.472 e. The number of pyridine rings is 1. The molecule has 30 heavy (non-hydrogen) atoms. The van der Waals surface area contributed by atoms with Gasteiger partial charge >= 0.3 is 5.97 Å². The molecule has 0 bridgehead atoms. The second-order valence-corrected chi connectivity index (χ2v) is 6.21. The Kier molecular flexibility index (Phi) is 5.33. The maximum Gasteiger partial charge on any atom is 0.339 e. The fraction of sp³-hybridized carbons (Fsp3) is 0.0952. The molecule has 1 aromatic carbocycles. The Hall–Kier alpha value is -4.27. The Bertz CT molecular complexity index is 1170. The van der Waals surface area contributed by atoms with Crippen molar-refractivity contribution in [3.05, 3.63) is 78.0 Å². The third-order valence-electron chi connectivity index (χ3n) is 4.30. The lowest BCUT2D eigenvalue weighted by molar-refractivity contribution is 0.0600. The molecule has 150 valence electrons. The predicted molar refractivity (Wildman–Crippen MR) is 107 cm³/mol. The Morgan fingerprint density at radius 1 is 1.20 bits per heavy atom. The summed E-state index contributed by atoms with van der Waals surface area (Å²) in [6.45, 7) is 0.0747. The zero-order chi connectivity index (χ0) is 20.9. The topological polar surface area (TPSA) is 127 Å². The first kappa shape index (κ1) is 19.1. The first-order chi connectivity index (χ1) is 14.7. The summed E-state index contributed by atoms with van der Waals surface area (Å²) in [5.74, 6) is 0.510. The van der Waals surface area contributed by atoms with Gasteiger partial charge in [-0.3, -0.25) is 15.5 Å². The average molecular weight is 403 g/mol. The monoisotopic (exact) mass is 403 g/mol. The Balaban J connectivity index is 1.49. The molecule has 4 rings (SSSR count). The van der Waals surface area contributed by atoms with E-state index in [9.17, 15) is 4.79 Å². The molecule has 0 atom stereocenters. The minimum absolute atomic E-state index is 0.0364. The van der Waals surface area contributed by atoms with Gasteiger partial charge < -0.3 is 13.9 Å². The van der Waals surface area contributed by atoms with Crippen molar-refractivity contribution in [1.29, 1.82) is 5.41 Å². The van der Waals surface area contributed by atoms with Crippen molar-refractivity contribution in [2.45, 2.75) is 6.61 Å². The number of H-pyrrole nitrogens is 1. The molecule has 9 nitrogen and oxygen atoms in total. The average Bonchev–Trinajstić information content (AvgIpc) is 3.49. The minimum atomic E-state index is -0.460. The molecule has 0 radical (unpaired) electrons. The Morgan fingerprint density at radius 2 is 2.07 bits per heavy atom. The van der Waals surface area contributed by atoms with Crippen LogP contribution in [0.3, 0.4) is 0 Å². The summed E-state index contributed by atoms with van der Waals surface area (Å²) < 4.78 is 15.3. The van der Waals surface area contributed by atoms with Crippen LogP contribution in [-0.2, 0) is 16.1 Å². The minimum Gasteiger partial charge on any atom is -0.472 e. The van der Waals surface area contributed by atoms with Gasteiger partial charge in [0.05, 0.1) is 30.2 Å². The normalized spacial score (nSPS) is 10.6. The van der Waals surface area contributed by atoms with Crippen molar-refractivity contribution in [2.75, 3.05) is 7.11 Å². The molecule has 0 unspecified atom stereocenters. The second-order valence-electron chi connectivity index (χ2n) is 6.21. The first-order valence-electron chi connectivity index (χ1n) is 8.95. The van der Waals surface area contributed by atoms with E-state index in [0.717, 1.165) is 5.56 Å². The number of furan rings is 1. The Labute approximate surface area is 171 Å². The summed E-state index contributed by atoms with van der Waals surface area (Å²) in [6, 6.07) is 12.3. The number of carbonyl (C=O) groups is 1. The number of rotatable bonds is 6. The van der Waals surface area contributed by atoms with Crippen molar-refractivity contribution < 1.29 is 18.7 Å². The highest BCUT2D eigenvalue weighted by Gasteiger charge is 2.16. The molecule has 0 fully saturated rings. The summed E-state index contributed by atoms with van der Waals surface area (Å²) in [6.07, 6.45) is 4.52. The molecule has 9 heteroatoms. The van der Waals surface area contributed by atoms with Crippen molar-refractivity contribution in [3.8, 4) is 22.8 Å². The summed E-state index contributed by atoms with van der Waals surface area (Å²) >= 11 is 0. The van der Waals surface area contributed by atoms with E-state index in [1.165, 1.54) is 13.3 Å². The fourth-order valence-electron chi connectivity index (χ4n) is 2.76. The van der Waals surface area contributed by atoms with Gasteiger partial charge in [-0.1, -0.05) is 18.2 Å². The second kappa shape index (κ2) is 8.39. The van der Waals surface area contributed by atoms with Crippen LogP contribution in [-0.4, -0.2) is 39.1 Å². The van der Waals surface area contributed by atoms with Crippen molar-refractivity contribution >= 4 is 11.9 Å². The zero-order valence-corrected chi connectivity index (χ0v) is 16.0. The molecule has 0 aliphatic rings. The van der Waals surface area contributed by atoms with Crippen LogP contribution in [0.15, 0.2) is 65.6 Å². The highest BCUT2D eigenvalue weighted by Crippen LogP contribution is 2.24. The van der Waals surface area contributed by atoms with Crippen molar-refractivity contribution in [1.82, 2.24) is 20.2 Å². The fourth-order valence-corrected chi connectivity index (χ4v) is 2.76. The van der Waals surface area contributed by atoms with E-state index in [2.05, 4.69) is 24.9 Å². The lowest BCUT2D eigenvalue weighted by atomic mass is 10.1. The number of aromatic nitrogens is 4. The predicted octanol–water partition coefficient (Wildman–Crippen LogP) is 3.46. The van der Waals surface area contributed by atoms with Crippen LogP contribution >= 0.6 is 0 Å². The van der Waals surface area contributed by atoms with Crippen LogP contribution in [0.5, 0.6) is 0 Å². The molecule has 0 aliphatic heterocycles. The molecule has 0 spiro atoms. The molecule has 0 saturated heterocycles. The van der Waals surface area contributed by atoms with Gasteiger partial charge in [0, 0.05) is 17.3 Å². The summed E-state index contributed by atoms with van der Waals surface area (Å²) in [5, 5.41) is 15.4. The van der Waals surface area contributed by atoms with E-state index in [0.29, 0.717) is 34.0 Å². The standard InChI is InChI=1S/C21H17N5O4/c1-28-21(27)13-6-7-15(23-10-13)12-30-18(22)16-4-2-3-5-17(16)20-24-19(25-26-20)14-8-9-29-11-14/h2-11,22H,12H2,1H3,(H,24,25,26). The van der Waals surface area contributed by atoms with E-state index in [4.69, 9.17) is 14.6 Å². The number of hydrogen-bond donors (Lipinski definition) is 2. The highest BCUT2D eigenvalue weighted by molar-refractivity contribution is 5.98. The highest BCUT2D eigenvalue weighted by atomic mass is 16.5. The van der Waals surface area contributed by atoms with Gasteiger partial charge in [0.2, 0.25) is 5.90 Å². The molecule has 2 N–H and O–H groups in total. The van der Waals surface area contributed by atoms with Crippen LogP contribution < -0.4 is 0 Å². The van der Waals surface area contributed by atoms with Gasteiger partial charge in [0.25, 0.3) is 0 Å². The van der Waals surface area contributed by atoms with Gasteiger partial charge in [0.15, 0.2) is 11.6 Å². The molecule has 3 heterocycles. The van der Waals surface area contributed by atoms with E-state index in [1.54, 1.807) is 36.8 Å². The van der Waals surface area contributed by atoms with E-state index < -0.39 is 5.97 Å². The number of carbonyl (C=O) groups excluding carboxylic acids is 1. The third kappa shape index (κ3) is 3.95. The van der Waals surface area contributed by atoms with Gasteiger partial charge in [-0.2, -0.15) is 5.10 Å². The lowest BCUT2D eigenvalue weighted by Gasteiger charge is -2.10. The number of hydrogen-bond acceptors (Lipinski definition) is 8. The molecule has 4 aromatic rings. The quantitative estimate of drug-likeness (QED) is 0.287. The van der Waals surface area contributed by atoms with Crippen molar-refractivity contribution in [3.63, 3.8) is 0 Å². The first-order valence-corrected chi connectivity index (χ1v) is 8.95. The number of esters is 1. The molecular weight excluding hydrogens is 386 g/mol. The Morgan fingerprint density at radius 3 is 2.80 bits per heavy atom.